The van der Waals surface area contributed by atoms with E-state index in [0.29, 0.717) is 0 Å². The minimum atomic E-state index is -4.52. The molecule has 1 fully saturated rings. The maximum Gasteiger partial charge on any atom is 0.297 e. The van der Waals surface area contributed by atoms with Crippen LogP contribution in [-0.4, -0.2) is 75.1 Å². The van der Waals surface area contributed by atoms with Crippen LogP contribution in [0.3, 0.4) is 0 Å². The van der Waals surface area contributed by atoms with E-state index in [1.807, 2.05) is 6.92 Å². The van der Waals surface area contributed by atoms with E-state index in [9.17, 15) is 25.3 Å². The number of aryl methyl sites for hydroxylation is 3. The molecule has 2 aromatic heterocycles. The second-order valence-electron chi connectivity index (χ2n) is 11.6. The predicted molar refractivity (Wildman–Crippen MR) is 186 cm³/mol. The molecular weight excluding hydrogens is 727 g/mol. The molecule has 14 nitrogen and oxygen atoms in total. The first kappa shape index (κ1) is 35.9. The largest absolute Gasteiger partial charge is 0.348 e. The number of sulfonamides is 1. The molecule has 0 amide bonds. The molecule has 0 radical (unpaired) electrons. The summed E-state index contributed by atoms with van der Waals surface area (Å²) in [5, 5.41) is 0. The van der Waals surface area contributed by atoms with Crippen LogP contribution in [0.4, 0.5) is 5.82 Å². The minimum absolute atomic E-state index is 0.00196. The third kappa shape index (κ3) is 7.41. The highest BCUT2D eigenvalue weighted by Gasteiger charge is 2.52. The van der Waals surface area contributed by atoms with Crippen molar-refractivity contribution in [1.29, 1.82) is 0 Å². The molecule has 4 unspecified atom stereocenters. The van der Waals surface area contributed by atoms with Gasteiger partial charge in [-0.3, -0.25) is 17.7 Å². The van der Waals surface area contributed by atoms with Gasteiger partial charge in [0.2, 0.25) is 0 Å². The Morgan fingerprint density at radius 3 is 1.74 bits per heavy atom. The summed E-state index contributed by atoms with van der Waals surface area (Å²) in [5.74, 6) is 0.0468. The summed E-state index contributed by atoms with van der Waals surface area (Å²) in [7, 11) is -13.1. The number of ether oxygens (including phenoxy) is 1. The van der Waals surface area contributed by atoms with E-state index in [-0.39, 0.29) is 37.4 Å². The van der Waals surface area contributed by atoms with Crippen molar-refractivity contribution in [3.8, 4) is 0 Å². The number of fused-ring (bicyclic) bond motifs is 1. The van der Waals surface area contributed by atoms with Crippen LogP contribution in [0, 0.1) is 20.8 Å². The van der Waals surface area contributed by atoms with Crippen LogP contribution in [0.15, 0.2) is 100 Å². The molecule has 4 atom stereocenters. The number of rotatable bonds is 12. The van der Waals surface area contributed by atoms with Gasteiger partial charge in [-0.15, -0.1) is 0 Å². The molecule has 1 N–H and O–H groups in total. The van der Waals surface area contributed by atoms with E-state index in [1.54, 1.807) is 56.5 Å². The number of thioether (sulfide) groups is 1. The van der Waals surface area contributed by atoms with Crippen molar-refractivity contribution in [2.75, 3.05) is 16.7 Å². The predicted octanol–water partition coefficient (Wildman–Crippen LogP) is 4.36. The van der Waals surface area contributed by atoms with Crippen LogP contribution in [0.25, 0.3) is 11.2 Å². The average molecular weight is 760 g/mol. The van der Waals surface area contributed by atoms with Crippen LogP contribution in [-0.2, 0) is 43.4 Å². The Bertz CT molecular complexity index is 2330. The molecule has 3 aromatic carbocycles. The van der Waals surface area contributed by atoms with E-state index in [1.165, 1.54) is 59.1 Å². The first-order valence-corrected chi connectivity index (χ1v) is 20.8. The summed E-state index contributed by atoms with van der Waals surface area (Å²) < 4.78 is 103. The van der Waals surface area contributed by atoms with Crippen LogP contribution in [0.2, 0.25) is 0 Å². The van der Waals surface area contributed by atoms with E-state index in [4.69, 9.17) is 13.1 Å². The summed E-state index contributed by atoms with van der Waals surface area (Å²) >= 11 is 1.32. The van der Waals surface area contributed by atoms with Gasteiger partial charge in [0.05, 0.1) is 27.1 Å². The van der Waals surface area contributed by atoms with Crippen molar-refractivity contribution >= 4 is 59.0 Å². The Kier molecular flexibility index (Phi) is 10.1. The summed E-state index contributed by atoms with van der Waals surface area (Å²) in [6.45, 7) is 5.43. The van der Waals surface area contributed by atoms with Gasteiger partial charge in [0, 0.05) is 5.75 Å². The first-order chi connectivity index (χ1) is 23.7. The highest BCUT2D eigenvalue weighted by atomic mass is 32.2. The van der Waals surface area contributed by atoms with Gasteiger partial charge in [0.25, 0.3) is 30.3 Å². The smallest absolute Gasteiger partial charge is 0.297 e. The van der Waals surface area contributed by atoms with Crippen molar-refractivity contribution in [1.82, 2.24) is 19.5 Å². The monoisotopic (exact) mass is 759 g/mol. The minimum Gasteiger partial charge on any atom is -0.348 e. The zero-order valence-corrected chi connectivity index (χ0v) is 30.5. The molecule has 6 rings (SSSR count). The van der Waals surface area contributed by atoms with E-state index < -0.39 is 54.8 Å². The second kappa shape index (κ2) is 14.0. The van der Waals surface area contributed by atoms with Gasteiger partial charge in [-0.2, -0.15) is 28.6 Å². The number of nitrogens with zero attached hydrogens (tertiary/aromatic N) is 4. The molecule has 5 aromatic rings. The molecular formula is C32H33N5O9S4. The topological polar surface area (TPSA) is 186 Å². The van der Waals surface area contributed by atoms with Crippen LogP contribution in [0.5, 0.6) is 0 Å². The van der Waals surface area contributed by atoms with Crippen molar-refractivity contribution < 1.29 is 38.4 Å². The Labute approximate surface area is 294 Å². The molecule has 50 heavy (non-hydrogen) atoms. The summed E-state index contributed by atoms with van der Waals surface area (Å²) in [6, 6.07) is 18.2. The summed E-state index contributed by atoms with van der Waals surface area (Å²) in [6.07, 6.45) is -1.25. The molecule has 3 heterocycles. The number of anilines is 1. The second-order valence-corrected chi connectivity index (χ2v) is 17.4. The Morgan fingerprint density at radius 2 is 1.22 bits per heavy atom. The maximum atomic E-state index is 13.7. The fourth-order valence-corrected chi connectivity index (χ4v) is 9.08. The third-order valence-electron chi connectivity index (χ3n) is 7.91. The molecule has 1 aliphatic heterocycles. The zero-order valence-electron chi connectivity index (χ0n) is 27.2. The number of hydrogen-bond donors (Lipinski definition) is 1. The fraction of sp³-hybridized carbons (Fsp3) is 0.281. The van der Waals surface area contributed by atoms with Gasteiger partial charge in [-0.05, 0) is 63.4 Å². The van der Waals surface area contributed by atoms with Crippen molar-refractivity contribution in [3.63, 3.8) is 0 Å². The van der Waals surface area contributed by atoms with Crippen LogP contribution >= 0.6 is 11.8 Å². The van der Waals surface area contributed by atoms with E-state index >= 15 is 0 Å². The molecule has 18 heteroatoms. The first-order valence-electron chi connectivity index (χ1n) is 15.1. The third-order valence-corrected chi connectivity index (χ3v) is 12.6. The molecule has 264 valence electrons. The highest BCUT2D eigenvalue weighted by Crippen LogP contribution is 2.40. The number of hydrogen-bond acceptors (Lipinski definition) is 13. The normalized spacial score (nSPS) is 19.9. The lowest BCUT2D eigenvalue weighted by atomic mass is 10.1. The van der Waals surface area contributed by atoms with Gasteiger partial charge in [-0.1, -0.05) is 53.1 Å². The molecule has 0 spiro atoms. The molecule has 0 saturated carbocycles. The van der Waals surface area contributed by atoms with E-state index in [2.05, 4.69) is 19.7 Å². The van der Waals surface area contributed by atoms with Gasteiger partial charge in [0.15, 0.2) is 29.3 Å². The lowest BCUT2D eigenvalue weighted by Crippen LogP contribution is -2.40. The standard InChI is InChI=1S/C32H33N5O9S4/c1-20-5-11-23(12-6-20)48(38,39)36-30-27-31(34-18-33-30)37(19-35-27)32-29(46-50(42,43)25-15-9-22(3)10-16-25)28(26(44-32)17-47-4)45-49(40,41)24-13-7-21(2)8-14-24/h5-16,18-19,26,28-29,32H,17H2,1-4H3,(H,33,34,36). The number of aromatic nitrogens is 4. The summed E-state index contributed by atoms with van der Waals surface area (Å²) in [4.78, 5) is 12.4. The highest BCUT2D eigenvalue weighted by molar-refractivity contribution is 7.98. The molecule has 0 aliphatic carbocycles. The Morgan fingerprint density at radius 1 is 0.720 bits per heavy atom. The SMILES string of the molecule is CSCC1OC(n2cnc3c(NS(=O)(=O)c4ccc(C)cc4)ncnc32)C(OS(=O)(=O)c2ccc(C)cc2)C1OS(=O)(=O)c1ccc(C)cc1. The van der Waals surface area contributed by atoms with Crippen molar-refractivity contribution in [3.05, 3.63) is 102 Å². The molecule has 0 bridgehead atoms. The number of imidazole rings is 1. The Balaban J connectivity index is 1.42. The van der Waals surface area contributed by atoms with Crippen LogP contribution < -0.4 is 4.72 Å². The van der Waals surface area contributed by atoms with Gasteiger partial charge < -0.3 is 4.74 Å². The van der Waals surface area contributed by atoms with Crippen molar-refractivity contribution in [2.45, 2.75) is 60.0 Å². The lowest BCUT2D eigenvalue weighted by molar-refractivity contribution is -0.0199. The van der Waals surface area contributed by atoms with E-state index in [0.717, 1.165) is 23.0 Å². The fourth-order valence-electron chi connectivity index (χ4n) is 5.28. The maximum absolute atomic E-state index is 13.7. The molecule has 1 saturated heterocycles. The van der Waals surface area contributed by atoms with Crippen molar-refractivity contribution in [2.24, 2.45) is 0 Å². The quantitative estimate of drug-likeness (QED) is 0.177. The number of benzene rings is 3. The molecule has 1 aliphatic rings. The average Bonchev–Trinajstić information content (AvgIpc) is 3.63. The summed E-state index contributed by atoms with van der Waals surface area (Å²) in [5.41, 5.74) is 2.59. The lowest BCUT2D eigenvalue weighted by Gasteiger charge is -2.24. The van der Waals surface area contributed by atoms with Gasteiger partial charge in [-0.25, -0.2) is 23.4 Å². The Hall–Kier alpha value is -3.91. The van der Waals surface area contributed by atoms with Gasteiger partial charge in [0.1, 0.15) is 12.4 Å². The number of nitrogens with one attached hydrogen (secondary N) is 1. The van der Waals surface area contributed by atoms with Gasteiger partial charge >= 0.3 is 0 Å². The zero-order chi connectivity index (χ0) is 35.8. The van der Waals surface area contributed by atoms with Crippen LogP contribution in [0.1, 0.15) is 22.9 Å².